The average molecular weight is 284 g/mol. The van der Waals surface area contributed by atoms with Crippen molar-refractivity contribution < 1.29 is 9.53 Å². The summed E-state index contributed by atoms with van der Waals surface area (Å²) < 4.78 is 4.69. The molecule has 0 spiro atoms. The van der Waals surface area contributed by atoms with Gasteiger partial charge in [0.25, 0.3) is 0 Å². The number of hydrogen-bond donors (Lipinski definition) is 0. The van der Waals surface area contributed by atoms with E-state index in [-0.39, 0.29) is 5.97 Å². The van der Waals surface area contributed by atoms with Gasteiger partial charge in [-0.15, -0.1) is 0 Å². The van der Waals surface area contributed by atoms with Gasteiger partial charge in [0.15, 0.2) is 0 Å². The molecule has 21 heavy (non-hydrogen) atoms. The van der Waals surface area contributed by atoms with Crippen LogP contribution in [0.2, 0.25) is 0 Å². The Morgan fingerprint density at radius 1 is 1.14 bits per heavy atom. The van der Waals surface area contributed by atoms with Crippen LogP contribution in [0.4, 0.5) is 0 Å². The van der Waals surface area contributed by atoms with E-state index in [9.17, 15) is 4.79 Å². The molecule has 1 aromatic heterocycles. The van der Waals surface area contributed by atoms with Crippen molar-refractivity contribution in [2.75, 3.05) is 14.2 Å². The van der Waals surface area contributed by atoms with E-state index in [1.54, 1.807) is 12.1 Å². The molecule has 0 atom stereocenters. The minimum atomic E-state index is -0.307. The quantitative estimate of drug-likeness (QED) is 0.792. The van der Waals surface area contributed by atoms with Crippen molar-refractivity contribution in [3.8, 4) is 0 Å². The topological polar surface area (TPSA) is 42.4 Å². The summed E-state index contributed by atoms with van der Waals surface area (Å²) in [7, 11) is 3.44. The normalized spacial score (nSPS) is 10.7. The van der Waals surface area contributed by atoms with Gasteiger partial charge in [-0.25, -0.2) is 4.79 Å². The predicted molar refractivity (Wildman–Crippen MR) is 81.9 cm³/mol. The van der Waals surface area contributed by atoms with Crippen LogP contribution < -0.4 is 0 Å². The lowest BCUT2D eigenvalue weighted by Crippen LogP contribution is -2.18. The highest BCUT2D eigenvalue weighted by atomic mass is 16.5. The van der Waals surface area contributed by atoms with Crippen molar-refractivity contribution in [3.63, 3.8) is 0 Å². The largest absolute Gasteiger partial charge is 0.465 e. The molecule has 4 heteroatoms. The zero-order chi connectivity index (χ0) is 15.2. The first-order valence-corrected chi connectivity index (χ1v) is 6.87. The van der Waals surface area contributed by atoms with Crippen molar-refractivity contribution >= 4 is 5.97 Å². The number of rotatable bonds is 5. The maximum absolute atomic E-state index is 11.4. The monoisotopic (exact) mass is 284 g/mol. The molecular weight excluding hydrogens is 264 g/mol. The fourth-order valence-corrected chi connectivity index (χ4v) is 2.20. The standard InChI is InChI=1S/C17H20N2O2/c1-13-5-4-6-16(18-13)12-19(2)11-14-7-9-15(10-8-14)17(20)21-3/h4-10H,11-12H2,1-3H3. The fourth-order valence-electron chi connectivity index (χ4n) is 2.20. The summed E-state index contributed by atoms with van der Waals surface area (Å²) in [4.78, 5) is 18.1. The smallest absolute Gasteiger partial charge is 0.337 e. The molecule has 1 aromatic carbocycles. The second kappa shape index (κ2) is 6.99. The average Bonchev–Trinajstić information content (AvgIpc) is 2.47. The second-order valence-corrected chi connectivity index (χ2v) is 5.13. The molecule has 110 valence electrons. The predicted octanol–water partition coefficient (Wildman–Crippen LogP) is 2.81. The summed E-state index contributed by atoms with van der Waals surface area (Å²) in [5.41, 5.74) is 3.81. The molecule has 0 aliphatic heterocycles. The number of carbonyl (C=O) groups is 1. The number of benzene rings is 1. The SMILES string of the molecule is COC(=O)c1ccc(CN(C)Cc2cccc(C)n2)cc1. The van der Waals surface area contributed by atoms with Gasteiger partial charge in [0, 0.05) is 18.8 Å². The Hall–Kier alpha value is -2.20. The molecule has 0 amide bonds. The Morgan fingerprint density at radius 3 is 2.48 bits per heavy atom. The maximum Gasteiger partial charge on any atom is 0.337 e. The fraction of sp³-hybridized carbons (Fsp3) is 0.294. The van der Waals surface area contributed by atoms with Gasteiger partial charge < -0.3 is 4.74 Å². The van der Waals surface area contributed by atoms with Gasteiger partial charge in [0.2, 0.25) is 0 Å². The van der Waals surface area contributed by atoms with Crippen molar-refractivity contribution in [1.29, 1.82) is 0 Å². The molecule has 0 unspecified atom stereocenters. The molecule has 2 rings (SSSR count). The van der Waals surface area contributed by atoms with Crippen molar-refractivity contribution in [2.45, 2.75) is 20.0 Å². The Morgan fingerprint density at radius 2 is 1.86 bits per heavy atom. The Bertz CT molecular complexity index is 608. The lowest BCUT2D eigenvalue weighted by Gasteiger charge is -2.16. The van der Waals surface area contributed by atoms with Crippen LogP contribution in [-0.2, 0) is 17.8 Å². The summed E-state index contributed by atoms with van der Waals surface area (Å²) in [6.07, 6.45) is 0. The number of carbonyl (C=O) groups excluding carboxylic acids is 1. The minimum absolute atomic E-state index is 0.307. The third-order valence-electron chi connectivity index (χ3n) is 3.21. The van der Waals surface area contributed by atoms with Gasteiger partial charge in [-0.05, 0) is 43.8 Å². The van der Waals surface area contributed by atoms with Crippen molar-refractivity contribution in [1.82, 2.24) is 9.88 Å². The number of ether oxygens (including phenoxy) is 1. The molecule has 0 N–H and O–H groups in total. The Kier molecular flexibility index (Phi) is 5.06. The summed E-state index contributed by atoms with van der Waals surface area (Å²) in [6, 6.07) is 13.5. The number of aryl methyl sites for hydroxylation is 1. The van der Waals surface area contributed by atoms with E-state index in [2.05, 4.69) is 21.7 Å². The molecule has 0 aliphatic carbocycles. The van der Waals surface area contributed by atoms with Crippen LogP contribution in [0.3, 0.4) is 0 Å². The van der Waals surface area contributed by atoms with Crippen LogP contribution >= 0.6 is 0 Å². The van der Waals surface area contributed by atoms with Gasteiger partial charge >= 0.3 is 5.97 Å². The highest BCUT2D eigenvalue weighted by molar-refractivity contribution is 5.89. The number of hydrogen-bond acceptors (Lipinski definition) is 4. The molecule has 0 radical (unpaired) electrons. The second-order valence-electron chi connectivity index (χ2n) is 5.13. The summed E-state index contributed by atoms with van der Waals surface area (Å²) in [6.45, 7) is 3.59. The van der Waals surface area contributed by atoms with E-state index in [4.69, 9.17) is 0 Å². The first-order chi connectivity index (χ1) is 10.1. The molecule has 0 saturated carbocycles. The first kappa shape index (κ1) is 15.2. The lowest BCUT2D eigenvalue weighted by molar-refractivity contribution is 0.0600. The van der Waals surface area contributed by atoms with E-state index in [0.29, 0.717) is 5.56 Å². The van der Waals surface area contributed by atoms with Gasteiger partial charge in [-0.1, -0.05) is 18.2 Å². The van der Waals surface area contributed by atoms with E-state index < -0.39 is 0 Å². The summed E-state index contributed by atoms with van der Waals surface area (Å²) in [5, 5.41) is 0. The molecule has 0 aliphatic rings. The summed E-state index contributed by atoms with van der Waals surface area (Å²) >= 11 is 0. The highest BCUT2D eigenvalue weighted by Gasteiger charge is 2.06. The van der Waals surface area contributed by atoms with Crippen molar-refractivity contribution in [3.05, 3.63) is 65.0 Å². The third-order valence-corrected chi connectivity index (χ3v) is 3.21. The van der Waals surface area contributed by atoms with Crippen LogP contribution in [0.1, 0.15) is 27.3 Å². The molecular formula is C17H20N2O2. The number of methoxy groups -OCH3 is 1. The minimum Gasteiger partial charge on any atom is -0.465 e. The highest BCUT2D eigenvalue weighted by Crippen LogP contribution is 2.10. The van der Waals surface area contributed by atoms with E-state index >= 15 is 0 Å². The van der Waals surface area contributed by atoms with Crippen LogP contribution in [0.15, 0.2) is 42.5 Å². The van der Waals surface area contributed by atoms with E-state index in [0.717, 1.165) is 30.0 Å². The van der Waals surface area contributed by atoms with Gasteiger partial charge in [-0.2, -0.15) is 0 Å². The van der Waals surface area contributed by atoms with Gasteiger partial charge in [-0.3, -0.25) is 9.88 Å². The molecule has 0 saturated heterocycles. The van der Waals surface area contributed by atoms with Gasteiger partial charge in [0.1, 0.15) is 0 Å². The zero-order valence-corrected chi connectivity index (χ0v) is 12.7. The number of pyridine rings is 1. The molecule has 1 heterocycles. The van der Waals surface area contributed by atoms with Gasteiger partial charge in [0.05, 0.1) is 18.4 Å². The van der Waals surface area contributed by atoms with Crippen LogP contribution in [0.5, 0.6) is 0 Å². The van der Waals surface area contributed by atoms with Crippen LogP contribution in [0.25, 0.3) is 0 Å². The number of esters is 1. The lowest BCUT2D eigenvalue weighted by atomic mass is 10.1. The summed E-state index contributed by atoms with van der Waals surface area (Å²) in [5.74, 6) is -0.307. The molecule has 2 aromatic rings. The number of aromatic nitrogens is 1. The molecule has 4 nitrogen and oxygen atoms in total. The molecule has 0 fully saturated rings. The van der Waals surface area contributed by atoms with Crippen molar-refractivity contribution in [2.24, 2.45) is 0 Å². The third kappa shape index (κ3) is 4.39. The van der Waals surface area contributed by atoms with Crippen LogP contribution in [-0.4, -0.2) is 30.0 Å². The van der Waals surface area contributed by atoms with Crippen LogP contribution in [0, 0.1) is 6.92 Å². The Balaban J connectivity index is 1.96. The molecule has 0 bridgehead atoms. The Labute approximate surface area is 125 Å². The number of nitrogens with zero attached hydrogens (tertiary/aromatic N) is 2. The maximum atomic E-state index is 11.4. The van der Waals surface area contributed by atoms with E-state index in [1.165, 1.54) is 7.11 Å². The first-order valence-electron chi connectivity index (χ1n) is 6.87. The zero-order valence-electron chi connectivity index (χ0n) is 12.7. The van der Waals surface area contributed by atoms with E-state index in [1.807, 2.05) is 37.3 Å².